The highest BCUT2D eigenvalue weighted by atomic mass is 79.9. The van der Waals surface area contributed by atoms with Gasteiger partial charge in [0.1, 0.15) is 5.65 Å². The maximum Gasteiger partial charge on any atom is 0.137 e. The maximum atomic E-state index is 4.49. The van der Waals surface area contributed by atoms with Gasteiger partial charge in [0, 0.05) is 29.8 Å². The fourth-order valence-corrected chi connectivity index (χ4v) is 1.74. The summed E-state index contributed by atoms with van der Waals surface area (Å²) in [7, 11) is 1.95. The molecule has 0 atom stereocenters. The Hall–Kier alpha value is -0.870. The zero-order valence-electron chi connectivity index (χ0n) is 8.00. The van der Waals surface area contributed by atoms with Crippen LogP contribution in [0, 0.1) is 0 Å². The number of hydrogen-bond acceptors (Lipinski definition) is 2. The molecule has 0 saturated heterocycles. The summed E-state index contributed by atoms with van der Waals surface area (Å²) in [6.45, 7) is 0.963. The summed E-state index contributed by atoms with van der Waals surface area (Å²) in [6.07, 6.45) is 5.05. The molecule has 1 N–H and O–H groups in total. The zero-order chi connectivity index (χ0) is 9.97. The SMILES string of the molecule is CNCCc1cn2cc(Br)ccc2n1. The Morgan fingerprint density at radius 3 is 3.07 bits per heavy atom. The molecular formula is C10H12BrN3. The van der Waals surface area contributed by atoms with Crippen molar-refractivity contribution < 1.29 is 0 Å². The molecular weight excluding hydrogens is 242 g/mol. The first-order chi connectivity index (χ1) is 6.79. The summed E-state index contributed by atoms with van der Waals surface area (Å²) in [6, 6.07) is 4.01. The monoisotopic (exact) mass is 253 g/mol. The fraction of sp³-hybridized carbons (Fsp3) is 0.300. The van der Waals surface area contributed by atoms with Crippen LogP contribution in [0.25, 0.3) is 5.65 Å². The molecule has 0 aliphatic heterocycles. The van der Waals surface area contributed by atoms with Gasteiger partial charge < -0.3 is 9.72 Å². The minimum Gasteiger partial charge on any atom is -0.319 e. The lowest BCUT2D eigenvalue weighted by Gasteiger charge is -1.92. The number of pyridine rings is 1. The standard InChI is InChI=1S/C10H12BrN3/c1-12-5-4-9-7-14-6-8(11)2-3-10(14)13-9/h2-3,6-7,12H,4-5H2,1H3. The molecule has 3 nitrogen and oxygen atoms in total. The van der Waals surface area contributed by atoms with Crippen LogP contribution in [-0.2, 0) is 6.42 Å². The van der Waals surface area contributed by atoms with Crippen LogP contribution in [0.2, 0.25) is 0 Å². The summed E-state index contributed by atoms with van der Waals surface area (Å²) < 4.78 is 3.11. The number of fused-ring (bicyclic) bond motifs is 1. The van der Waals surface area contributed by atoms with Gasteiger partial charge in [0.05, 0.1) is 5.69 Å². The fourth-order valence-electron chi connectivity index (χ4n) is 1.39. The van der Waals surface area contributed by atoms with Crippen molar-refractivity contribution in [3.8, 4) is 0 Å². The highest BCUT2D eigenvalue weighted by Gasteiger charge is 2.00. The van der Waals surface area contributed by atoms with Crippen LogP contribution in [0.3, 0.4) is 0 Å². The third-order valence-electron chi connectivity index (χ3n) is 2.10. The first-order valence-electron chi connectivity index (χ1n) is 4.57. The molecule has 0 aromatic carbocycles. The predicted molar refractivity (Wildman–Crippen MR) is 60.5 cm³/mol. The molecule has 0 amide bonds. The van der Waals surface area contributed by atoms with Crippen LogP contribution in [0.5, 0.6) is 0 Å². The van der Waals surface area contributed by atoms with Crippen molar-refractivity contribution >= 4 is 21.6 Å². The number of hydrogen-bond donors (Lipinski definition) is 1. The first-order valence-corrected chi connectivity index (χ1v) is 5.36. The van der Waals surface area contributed by atoms with E-state index in [0.717, 1.165) is 28.8 Å². The van der Waals surface area contributed by atoms with Crippen LogP contribution in [0.1, 0.15) is 5.69 Å². The van der Waals surface area contributed by atoms with E-state index in [1.165, 1.54) is 0 Å². The van der Waals surface area contributed by atoms with E-state index in [1.807, 2.05) is 29.8 Å². The van der Waals surface area contributed by atoms with Crippen molar-refractivity contribution in [3.05, 3.63) is 34.7 Å². The van der Waals surface area contributed by atoms with Crippen LogP contribution < -0.4 is 5.32 Å². The van der Waals surface area contributed by atoms with Crippen LogP contribution in [0.4, 0.5) is 0 Å². The molecule has 0 spiro atoms. The van der Waals surface area contributed by atoms with E-state index < -0.39 is 0 Å². The van der Waals surface area contributed by atoms with Crippen LogP contribution in [0.15, 0.2) is 29.0 Å². The zero-order valence-corrected chi connectivity index (χ0v) is 9.58. The molecule has 2 rings (SSSR count). The topological polar surface area (TPSA) is 29.3 Å². The molecule has 0 unspecified atom stereocenters. The molecule has 0 aliphatic rings. The Morgan fingerprint density at radius 2 is 2.29 bits per heavy atom. The lowest BCUT2D eigenvalue weighted by atomic mass is 10.3. The summed E-state index contributed by atoms with van der Waals surface area (Å²) in [5.74, 6) is 0. The minimum absolute atomic E-state index is 0.963. The second kappa shape index (κ2) is 4.11. The van der Waals surface area contributed by atoms with Crippen molar-refractivity contribution in [2.45, 2.75) is 6.42 Å². The molecule has 2 aromatic heterocycles. The largest absolute Gasteiger partial charge is 0.319 e. The summed E-state index contributed by atoms with van der Waals surface area (Å²) >= 11 is 3.43. The number of imidazole rings is 1. The lowest BCUT2D eigenvalue weighted by molar-refractivity contribution is 0.780. The Bertz CT molecular complexity index is 436. The Morgan fingerprint density at radius 1 is 1.43 bits per heavy atom. The number of nitrogens with zero attached hydrogens (tertiary/aromatic N) is 2. The van der Waals surface area contributed by atoms with Crippen LogP contribution >= 0.6 is 15.9 Å². The number of rotatable bonds is 3. The summed E-state index contributed by atoms with van der Waals surface area (Å²) in [5, 5.41) is 3.11. The molecule has 2 aromatic rings. The van der Waals surface area contributed by atoms with Gasteiger partial charge in [-0.25, -0.2) is 4.98 Å². The highest BCUT2D eigenvalue weighted by Crippen LogP contribution is 2.12. The van der Waals surface area contributed by atoms with Crippen molar-refractivity contribution in [2.24, 2.45) is 0 Å². The quantitative estimate of drug-likeness (QED) is 0.905. The molecule has 0 saturated carbocycles. The van der Waals surface area contributed by atoms with Crippen molar-refractivity contribution in [1.82, 2.24) is 14.7 Å². The number of aromatic nitrogens is 2. The van der Waals surface area contributed by atoms with Gasteiger partial charge in [-0.15, -0.1) is 0 Å². The van der Waals surface area contributed by atoms with Gasteiger partial charge in [-0.3, -0.25) is 0 Å². The van der Waals surface area contributed by atoms with Gasteiger partial charge in [-0.2, -0.15) is 0 Å². The van der Waals surface area contributed by atoms with E-state index in [1.54, 1.807) is 0 Å². The third-order valence-corrected chi connectivity index (χ3v) is 2.57. The average Bonchev–Trinajstić information content (AvgIpc) is 2.56. The molecule has 2 heterocycles. The van der Waals surface area contributed by atoms with Gasteiger partial charge in [-0.1, -0.05) is 0 Å². The molecule has 74 valence electrons. The summed E-state index contributed by atoms with van der Waals surface area (Å²) in [4.78, 5) is 4.49. The summed E-state index contributed by atoms with van der Waals surface area (Å²) in [5.41, 5.74) is 2.12. The van der Waals surface area contributed by atoms with Crippen molar-refractivity contribution in [1.29, 1.82) is 0 Å². The second-order valence-electron chi connectivity index (χ2n) is 3.20. The van der Waals surface area contributed by atoms with Crippen molar-refractivity contribution in [2.75, 3.05) is 13.6 Å². The van der Waals surface area contributed by atoms with E-state index in [4.69, 9.17) is 0 Å². The smallest absolute Gasteiger partial charge is 0.137 e. The molecule has 0 aliphatic carbocycles. The molecule has 0 fully saturated rings. The lowest BCUT2D eigenvalue weighted by Crippen LogP contribution is -2.10. The minimum atomic E-state index is 0.963. The normalized spacial score (nSPS) is 11.0. The van der Waals surface area contributed by atoms with Gasteiger partial charge in [0.2, 0.25) is 0 Å². The molecule has 14 heavy (non-hydrogen) atoms. The Labute approximate surface area is 91.3 Å². The van der Waals surface area contributed by atoms with E-state index >= 15 is 0 Å². The predicted octanol–water partition coefficient (Wildman–Crippen LogP) is 1.86. The van der Waals surface area contributed by atoms with Crippen LogP contribution in [-0.4, -0.2) is 23.0 Å². The number of nitrogens with one attached hydrogen (secondary N) is 1. The highest BCUT2D eigenvalue weighted by molar-refractivity contribution is 9.10. The molecule has 0 radical (unpaired) electrons. The van der Waals surface area contributed by atoms with E-state index in [2.05, 4.69) is 32.4 Å². The van der Waals surface area contributed by atoms with Gasteiger partial charge in [0.25, 0.3) is 0 Å². The first kappa shape index (κ1) is 9.68. The number of likely N-dealkylation sites (N-methyl/N-ethyl adjacent to an activating group) is 1. The average molecular weight is 254 g/mol. The van der Waals surface area contributed by atoms with E-state index in [0.29, 0.717) is 0 Å². The second-order valence-corrected chi connectivity index (χ2v) is 4.11. The van der Waals surface area contributed by atoms with Gasteiger partial charge in [0.15, 0.2) is 0 Å². The maximum absolute atomic E-state index is 4.49. The van der Waals surface area contributed by atoms with Crippen molar-refractivity contribution in [3.63, 3.8) is 0 Å². The number of halogens is 1. The van der Waals surface area contributed by atoms with Gasteiger partial charge in [-0.05, 0) is 35.1 Å². The Balaban J connectivity index is 2.32. The molecule has 4 heteroatoms. The van der Waals surface area contributed by atoms with E-state index in [-0.39, 0.29) is 0 Å². The van der Waals surface area contributed by atoms with E-state index in [9.17, 15) is 0 Å². The third kappa shape index (κ3) is 1.96. The van der Waals surface area contributed by atoms with Gasteiger partial charge >= 0.3 is 0 Å². The molecule has 0 bridgehead atoms. The Kier molecular flexibility index (Phi) is 2.84.